The number of carbonyl (C=O) groups is 1. The summed E-state index contributed by atoms with van der Waals surface area (Å²) in [5.74, 6) is 0.395. The largest absolute Gasteiger partial charge is 0.381 e. The molecule has 2 aromatic rings. The number of nitrogens with zero attached hydrogens (tertiary/aromatic N) is 2. The number of nitrogens with one attached hydrogen (secondary N) is 1. The van der Waals surface area contributed by atoms with Crippen molar-refractivity contribution in [3.8, 4) is 0 Å². The minimum Gasteiger partial charge on any atom is -0.381 e. The van der Waals surface area contributed by atoms with Crippen molar-refractivity contribution in [1.29, 1.82) is 0 Å². The average Bonchev–Trinajstić information content (AvgIpc) is 2.89. The van der Waals surface area contributed by atoms with Gasteiger partial charge in [0.1, 0.15) is 0 Å². The molecule has 0 bridgehead atoms. The van der Waals surface area contributed by atoms with Gasteiger partial charge in [-0.05, 0) is 18.6 Å². The number of benzene rings is 1. The molecular formula is C15H18ClN3O2. The first kappa shape index (κ1) is 15.5. The lowest BCUT2D eigenvalue weighted by molar-refractivity contribution is -0.117. The SMILES string of the molecule is CCOCCC(=O)Nc1nccn1Cc1ccccc1Cl. The van der Waals surface area contributed by atoms with Gasteiger partial charge in [-0.1, -0.05) is 29.8 Å². The van der Waals surface area contributed by atoms with E-state index in [4.69, 9.17) is 16.3 Å². The van der Waals surface area contributed by atoms with Gasteiger partial charge in [0, 0.05) is 24.0 Å². The first-order valence-electron chi connectivity index (χ1n) is 6.83. The van der Waals surface area contributed by atoms with Gasteiger partial charge in [-0.25, -0.2) is 4.98 Å². The van der Waals surface area contributed by atoms with Gasteiger partial charge in [-0.3, -0.25) is 10.1 Å². The summed E-state index contributed by atoms with van der Waals surface area (Å²) in [4.78, 5) is 15.9. The van der Waals surface area contributed by atoms with Crippen LogP contribution in [0.5, 0.6) is 0 Å². The van der Waals surface area contributed by atoms with Crippen molar-refractivity contribution in [2.75, 3.05) is 18.5 Å². The van der Waals surface area contributed by atoms with Crippen LogP contribution in [0.4, 0.5) is 5.95 Å². The van der Waals surface area contributed by atoms with Crippen molar-refractivity contribution in [3.05, 3.63) is 47.2 Å². The van der Waals surface area contributed by atoms with E-state index < -0.39 is 0 Å². The van der Waals surface area contributed by atoms with Crippen LogP contribution in [0.1, 0.15) is 18.9 Å². The zero-order chi connectivity index (χ0) is 15.1. The first-order valence-corrected chi connectivity index (χ1v) is 7.20. The number of anilines is 1. The van der Waals surface area contributed by atoms with Crippen LogP contribution in [0.15, 0.2) is 36.7 Å². The Morgan fingerprint density at radius 3 is 3.00 bits per heavy atom. The number of carbonyl (C=O) groups excluding carboxylic acids is 1. The number of imidazole rings is 1. The molecule has 6 heteroatoms. The zero-order valence-electron chi connectivity index (χ0n) is 11.9. The molecule has 0 saturated carbocycles. The third-order valence-electron chi connectivity index (χ3n) is 2.94. The Kier molecular flexibility index (Phi) is 5.78. The van der Waals surface area contributed by atoms with Gasteiger partial charge in [0.15, 0.2) is 0 Å². The second-order valence-corrected chi connectivity index (χ2v) is 4.87. The maximum absolute atomic E-state index is 11.8. The third-order valence-corrected chi connectivity index (χ3v) is 3.31. The zero-order valence-corrected chi connectivity index (χ0v) is 12.6. The number of halogens is 1. The Hall–Kier alpha value is -1.85. The quantitative estimate of drug-likeness (QED) is 0.800. The molecule has 0 aliphatic carbocycles. The van der Waals surface area contributed by atoms with E-state index in [9.17, 15) is 4.79 Å². The summed E-state index contributed by atoms with van der Waals surface area (Å²) in [6.45, 7) is 3.47. The van der Waals surface area contributed by atoms with Crippen molar-refractivity contribution >= 4 is 23.5 Å². The number of aromatic nitrogens is 2. The Bertz CT molecular complexity index is 598. The van der Waals surface area contributed by atoms with Crippen LogP contribution < -0.4 is 5.32 Å². The van der Waals surface area contributed by atoms with Gasteiger partial charge < -0.3 is 9.30 Å². The second-order valence-electron chi connectivity index (χ2n) is 4.47. The predicted octanol–water partition coefficient (Wildman–Crippen LogP) is 2.95. The number of hydrogen-bond donors (Lipinski definition) is 1. The summed E-state index contributed by atoms with van der Waals surface area (Å²) in [5.41, 5.74) is 0.974. The summed E-state index contributed by atoms with van der Waals surface area (Å²) in [5, 5.41) is 3.47. The highest BCUT2D eigenvalue weighted by atomic mass is 35.5. The number of amides is 1. The molecule has 0 aliphatic heterocycles. The number of hydrogen-bond acceptors (Lipinski definition) is 3. The lowest BCUT2D eigenvalue weighted by Crippen LogP contribution is -2.17. The molecule has 0 spiro atoms. The van der Waals surface area contributed by atoms with E-state index in [0.717, 1.165) is 5.56 Å². The molecule has 1 aromatic heterocycles. The standard InChI is InChI=1S/C15H18ClN3O2/c1-2-21-10-7-14(20)18-15-17-8-9-19(15)11-12-5-3-4-6-13(12)16/h3-6,8-9H,2,7,10-11H2,1H3,(H,17,18,20). The highest BCUT2D eigenvalue weighted by molar-refractivity contribution is 6.31. The minimum atomic E-state index is -0.116. The van der Waals surface area contributed by atoms with Crippen LogP contribution >= 0.6 is 11.6 Å². The highest BCUT2D eigenvalue weighted by Crippen LogP contribution is 2.18. The number of ether oxygens (including phenoxy) is 1. The number of rotatable bonds is 7. The fourth-order valence-corrected chi connectivity index (χ4v) is 2.06. The molecule has 1 heterocycles. The molecule has 1 amide bonds. The topological polar surface area (TPSA) is 56.1 Å². The highest BCUT2D eigenvalue weighted by Gasteiger charge is 2.09. The van der Waals surface area contributed by atoms with Crippen LogP contribution in [0.2, 0.25) is 5.02 Å². The maximum Gasteiger partial charge on any atom is 0.229 e. The van der Waals surface area contributed by atoms with E-state index in [-0.39, 0.29) is 5.91 Å². The van der Waals surface area contributed by atoms with Crippen molar-refractivity contribution in [1.82, 2.24) is 9.55 Å². The molecule has 5 nitrogen and oxygen atoms in total. The Morgan fingerprint density at radius 1 is 1.43 bits per heavy atom. The average molecular weight is 308 g/mol. The van der Waals surface area contributed by atoms with Crippen LogP contribution in [-0.2, 0) is 16.1 Å². The van der Waals surface area contributed by atoms with E-state index in [1.165, 1.54) is 0 Å². The Labute approximate surface area is 128 Å². The fraction of sp³-hybridized carbons (Fsp3) is 0.333. The normalized spacial score (nSPS) is 10.6. The van der Waals surface area contributed by atoms with Gasteiger partial charge in [-0.2, -0.15) is 0 Å². The van der Waals surface area contributed by atoms with E-state index in [1.54, 1.807) is 6.20 Å². The van der Waals surface area contributed by atoms with E-state index in [1.807, 2.05) is 42.0 Å². The second kappa shape index (κ2) is 7.81. The van der Waals surface area contributed by atoms with Crippen molar-refractivity contribution in [2.45, 2.75) is 19.9 Å². The molecule has 2 rings (SSSR count). The van der Waals surface area contributed by atoms with Crippen LogP contribution in [0, 0.1) is 0 Å². The van der Waals surface area contributed by atoms with Crippen molar-refractivity contribution < 1.29 is 9.53 Å². The van der Waals surface area contributed by atoms with Gasteiger partial charge >= 0.3 is 0 Å². The van der Waals surface area contributed by atoms with Gasteiger partial charge in [0.2, 0.25) is 11.9 Å². The summed E-state index contributed by atoms with van der Waals surface area (Å²) in [6.07, 6.45) is 3.77. The summed E-state index contributed by atoms with van der Waals surface area (Å²) >= 11 is 6.15. The van der Waals surface area contributed by atoms with E-state index in [2.05, 4.69) is 10.3 Å². The van der Waals surface area contributed by atoms with Crippen LogP contribution in [-0.4, -0.2) is 28.7 Å². The Morgan fingerprint density at radius 2 is 2.24 bits per heavy atom. The third kappa shape index (κ3) is 4.58. The van der Waals surface area contributed by atoms with E-state index >= 15 is 0 Å². The first-order chi connectivity index (χ1) is 10.2. The van der Waals surface area contributed by atoms with Gasteiger partial charge in [0.05, 0.1) is 19.6 Å². The molecule has 0 radical (unpaired) electrons. The molecule has 0 unspecified atom stereocenters. The molecule has 0 fully saturated rings. The molecular weight excluding hydrogens is 290 g/mol. The fourth-order valence-electron chi connectivity index (χ4n) is 1.87. The molecule has 112 valence electrons. The smallest absolute Gasteiger partial charge is 0.229 e. The lowest BCUT2D eigenvalue weighted by atomic mass is 10.2. The van der Waals surface area contributed by atoms with E-state index in [0.29, 0.717) is 37.2 Å². The molecule has 21 heavy (non-hydrogen) atoms. The minimum absolute atomic E-state index is 0.116. The molecule has 0 aliphatic rings. The monoisotopic (exact) mass is 307 g/mol. The summed E-state index contributed by atoms with van der Waals surface area (Å²) < 4.78 is 7.01. The summed E-state index contributed by atoms with van der Waals surface area (Å²) in [6, 6.07) is 7.60. The molecule has 0 saturated heterocycles. The lowest BCUT2D eigenvalue weighted by Gasteiger charge is -2.10. The van der Waals surface area contributed by atoms with Crippen molar-refractivity contribution in [3.63, 3.8) is 0 Å². The van der Waals surface area contributed by atoms with Crippen LogP contribution in [0.3, 0.4) is 0 Å². The van der Waals surface area contributed by atoms with Gasteiger partial charge in [-0.15, -0.1) is 0 Å². The Balaban J connectivity index is 1.99. The van der Waals surface area contributed by atoms with Crippen molar-refractivity contribution in [2.24, 2.45) is 0 Å². The maximum atomic E-state index is 11.8. The predicted molar refractivity (Wildman–Crippen MR) is 82.5 cm³/mol. The molecule has 1 N–H and O–H groups in total. The molecule has 0 atom stereocenters. The van der Waals surface area contributed by atoms with Gasteiger partial charge in [0.25, 0.3) is 0 Å². The molecule has 1 aromatic carbocycles. The summed E-state index contributed by atoms with van der Waals surface area (Å²) in [7, 11) is 0. The van der Waals surface area contributed by atoms with Crippen LogP contribution in [0.25, 0.3) is 0 Å².